The van der Waals surface area contributed by atoms with E-state index in [4.69, 9.17) is 9.90 Å². The van der Waals surface area contributed by atoms with E-state index in [-0.39, 0.29) is 5.52 Å². The molecule has 13 heteroatoms. The smallest absolute Gasteiger partial charge is 0.430 e. The van der Waals surface area contributed by atoms with Crippen LogP contribution in [0.2, 0.25) is 0 Å². The summed E-state index contributed by atoms with van der Waals surface area (Å²) in [4.78, 5) is 17.1. The van der Waals surface area contributed by atoms with Crippen LogP contribution in [0, 0.1) is 0 Å². The zero-order valence-corrected chi connectivity index (χ0v) is 18.9. The Kier molecular flexibility index (Phi) is 7.36. The molecule has 0 saturated carbocycles. The average molecular weight is 506 g/mol. The summed E-state index contributed by atoms with van der Waals surface area (Å²) in [6.45, 7) is 2.93. The van der Waals surface area contributed by atoms with Crippen LogP contribution in [-0.2, 0) is 11.0 Å². The Hall–Kier alpha value is -2.93. The number of nitrogens with one attached hydrogen (secondary N) is 1. The fourth-order valence-electron chi connectivity index (χ4n) is 3.30. The molecule has 0 spiro atoms. The van der Waals surface area contributed by atoms with E-state index >= 15 is 0 Å². The number of nitrogens with zero attached hydrogens (tertiary/aromatic N) is 3. The Morgan fingerprint density at radius 2 is 1.68 bits per heavy atom. The molecular formula is C21H20F6N4O2S. The van der Waals surface area contributed by atoms with E-state index in [1.165, 1.54) is 17.4 Å². The van der Waals surface area contributed by atoms with Crippen molar-refractivity contribution in [2.24, 2.45) is 0 Å². The van der Waals surface area contributed by atoms with Crippen LogP contribution < -0.4 is 20.2 Å². The van der Waals surface area contributed by atoms with Crippen molar-refractivity contribution in [2.45, 2.75) is 12.4 Å². The molecule has 1 aliphatic rings. The number of hydrogen-bond acceptors (Lipinski definition) is 6. The zero-order chi connectivity index (χ0) is 25.3. The van der Waals surface area contributed by atoms with Gasteiger partial charge in [-0.15, -0.1) is 0 Å². The van der Waals surface area contributed by atoms with Crippen molar-refractivity contribution >= 4 is 49.1 Å². The van der Waals surface area contributed by atoms with Crippen LogP contribution in [-0.4, -0.2) is 57.4 Å². The quantitative estimate of drug-likeness (QED) is 0.326. The van der Waals surface area contributed by atoms with E-state index in [9.17, 15) is 26.3 Å². The average Bonchev–Trinajstić information content (AvgIpc) is 2.76. The molecule has 0 amide bonds. The van der Waals surface area contributed by atoms with Crippen LogP contribution in [0.3, 0.4) is 0 Å². The summed E-state index contributed by atoms with van der Waals surface area (Å²) in [7, 11) is 3.87. The fourth-order valence-corrected chi connectivity index (χ4v) is 4.37. The van der Waals surface area contributed by atoms with Crippen molar-refractivity contribution in [1.29, 1.82) is 0 Å². The standard InChI is InChI=1S/C19H20F3N4S.C2HF3O2/c1-25(2)12-3-4-15-16(10-12)27-17-11-13(26-7-5-23-6-8-26)9-14(18(17)24-15)19(20,21)22;3-2(4,5)1(6)7/h3-4,9-11,23H,5-8H2,1-2H3;(H,6,7)/q+1;/p-1. The van der Waals surface area contributed by atoms with Crippen molar-refractivity contribution in [3.63, 3.8) is 0 Å². The molecule has 0 aliphatic carbocycles. The minimum Gasteiger partial charge on any atom is -0.542 e. The number of hydrogen-bond donors (Lipinski definition) is 1. The first-order valence-corrected chi connectivity index (χ1v) is 10.8. The Balaban J connectivity index is 0.000000406. The van der Waals surface area contributed by atoms with Gasteiger partial charge in [-0.1, -0.05) is 0 Å². The number of benzene rings is 2. The van der Waals surface area contributed by atoms with Crippen molar-refractivity contribution in [2.75, 3.05) is 50.1 Å². The van der Waals surface area contributed by atoms with Gasteiger partial charge in [-0.3, -0.25) is 0 Å². The summed E-state index contributed by atoms with van der Waals surface area (Å²) in [5, 5.41) is 12.0. The molecular weight excluding hydrogens is 486 g/mol. The van der Waals surface area contributed by atoms with Crippen LogP contribution in [0.5, 0.6) is 0 Å². The third-order valence-corrected chi connectivity index (χ3v) is 6.07. The number of carboxylic acid groups (broad SMARTS) is 1. The summed E-state index contributed by atoms with van der Waals surface area (Å²) in [5.41, 5.74) is 1.55. The highest BCUT2D eigenvalue weighted by atomic mass is 32.1. The maximum Gasteiger partial charge on any atom is 0.430 e. The second-order valence-corrected chi connectivity index (χ2v) is 8.70. The van der Waals surface area contributed by atoms with E-state index in [0.717, 1.165) is 23.5 Å². The Labute approximate surface area is 194 Å². The van der Waals surface area contributed by atoms with E-state index in [1.54, 1.807) is 6.07 Å². The third-order valence-electron chi connectivity index (χ3n) is 4.99. The lowest BCUT2D eigenvalue weighted by Crippen LogP contribution is -2.43. The normalized spacial score (nSPS) is 14.6. The lowest BCUT2D eigenvalue weighted by Gasteiger charge is -2.29. The Morgan fingerprint density at radius 1 is 1.06 bits per heavy atom. The summed E-state index contributed by atoms with van der Waals surface area (Å²) < 4.78 is 74.3. The van der Waals surface area contributed by atoms with Crippen molar-refractivity contribution in [1.82, 2.24) is 10.3 Å². The SMILES string of the molecule is CN(C)c1ccc2nc3c(C(F)(F)F)cc(N4CCNCC4)cc3[s+]c2c1.O=C([O-])C(F)(F)F. The fraction of sp³-hybridized carbons (Fsp3) is 0.381. The molecule has 4 rings (SSSR count). The maximum absolute atomic E-state index is 13.8. The third kappa shape index (κ3) is 5.95. The number of rotatable bonds is 2. The van der Waals surface area contributed by atoms with Crippen LogP contribution in [0.4, 0.5) is 37.7 Å². The maximum atomic E-state index is 13.8. The number of carboxylic acids is 1. The molecule has 1 aliphatic heterocycles. The lowest BCUT2D eigenvalue weighted by molar-refractivity contribution is -0.344. The van der Waals surface area contributed by atoms with Gasteiger partial charge in [-0.2, -0.15) is 26.3 Å². The predicted octanol–water partition coefficient (Wildman–Crippen LogP) is 3.52. The van der Waals surface area contributed by atoms with Crippen molar-refractivity contribution in [3.05, 3.63) is 35.9 Å². The first-order chi connectivity index (χ1) is 15.8. The zero-order valence-electron chi connectivity index (χ0n) is 18.0. The molecule has 0 unspecified atom stereocenters. The second-order valence-electron chi connectivity index (χ2n) is 7.62. The molecule has 1 aromatic heterocycles. The molecule has 3 aromatic rings. The molecule has 2 aromatic carbocycles. The van der Waals surface area contributed by atoms with Gasteiger partial charge in [-0.05, 0) is 18.2 Å². The number of aliphatic carboxylic acids is 1. The summed E-state index contributed by atoms with van der Waals surface area (Å²) in [6.07, 6.45) is -9.64. The number of fused-ring (bicyclic) bond motifs is 2. The van der Waals surface area contributed by atoms with Gasteiger partial charge in [0, 0.05) is 63.8 Å². The molecule has 2 heterocycles. The minimum absolute atomic E-state index is 0.0245. The monoisotopic (exact) mass is 506 g/mol. The molecule has 0 radical (unpaired) electrons. The molecule has 0 bridgehead atoms. The number of aromatic nitrogens is 1. The molecule has 0 atom stereocenters. The van der Waals surface area contributed by atoms with Gasteiger partial charge in [0.15, 0.2) is 0 Å². The molecule has 184 valence electrons. The number of carbonyl (C=O) groups excluding carboxylic acids is 1. The van der Waals surface area contributed by atoms with E-state index in [1.807, 2.05) is 42.1 Å². The molecule has 1 fully saturated rings. The summed E-state index contributed by atoms with van der Waals surface area (Å²) in [5.74, 6) is -3.01. The minimum atomic E-state index is -5.19. The highest BCUT2D eigenvalue weighted by Gasteiger charge is 2.36. The molecule has 1 N–H and O–H groups in total. The molecule has 1 saturated heterocycles. The van der Waals surface area contributed by atoms with Gasteiger partial charge in [0.1, 0.15) is 17.0 Å². The largest absolute Gasteiger partial charge is 0.542 e. The summed E-state index contributed by atoms with van der Waals surface area (Å²) >= 11 is 1.36. The number of alkyl halides is 6. The number of piperazine rings is 1. The van der Waals surface area contributed by atoms with E-state index < -0.39 is 23.9 Å². The number of anilines is 2. The first-order valence-electron chi connectivity index (χ1n) is 9.97. The van der Waals surface area contributed by atoms with E-state index in [2.05, 4.69) is 10.3 Å². The van der Waals surface area contributed by atoms with Crippen LogP contribution in [0.1, 0.15) is 5.56 Å². The van der Waals surface area contributed by atoms with Gasteiger partial charge in [0.05, 0.1) is 5.56 Å². The van der Waals surface area contributed by atoms with Gasteiger partial charge in [0.25, 0.3) is 9.40 Å². The highest BCUT2D eigenvalue weighted by Crippen LogP contribution is 2.40. The number of carbonyl (C=O) groups is 1. The van der Waals surface area contributed by atoms with Gasteiger partial charge in [-0.25, -0.2) is 4.98 Å². The van der Waals surface area contributed by atoms with Crippen LogP contribution >= 0.6 is 11.3 Å². The first kappa shape index (κ1) is 25.7. The van der Waals surface area contributed by atoms with Gasteiger partial charge in [0.2, 0.25) is 11.3 Å². The second kappa shape index (κ2) is 9.74. The van der Waals surface area contributed by atoms with Gasteiger partial charge < -0.3 is 25.0 Å². The van der Waals surface area contributed by atoms with Crippen molar-refractivity contribution < 1.29 is 36.2 Å². The molecule has 6 nitrogen and oxygen atoms in total. The van der Waals surface area contributed by atoms with E-state index in [0.29, 0.717) is 29.0 Å². The Morgan fingerprint density at radius 3 is 2.21 bits per heavy atom. The highest BCUT2D eigenvalue weighted by molar-refractivity contribution is 7.24. The lowest BCUT2D eigenvalue weighted by atomic mass is 10.1. The molecule has 34 heavy (non-hydrogen) atoms. The predicted molar refractivity (Wildman–Crippen MR) is 117 cm³/mol. The van der Waals surface area contributed by atoms with Crippen LogP contribution in [0.25, 0.3) is 20.4 Å². The summed E-state index contributed by atoms with van der Waals surface area (Å²) in [6, 6.07) is 8.71. The van der Waals surface area contributed by atoms with Crippen LogP contribution in [0.15, 0.2) is 30.3 Å². The topological polar surface area (TPSA) is 71.5 Å². The van der Waals surface area contributed by atoms with Crippen molar-refractivity contribution in [3.8, 4) is 0 Å². The van der Waals surface area contributed by atoms with Gasteiger partial charge >= 0.3 is 12.4 Å². The Bertz CT molecular complexity index is 1190. The number of halogens is 6.